The van der Waals surface area contributed by atoms with Gasteiger partial charge in [0.2, 0.25) is 11.8 Å². The third-order valence-electron chi connectivity index (χ3n) is 4.70. The maximum absolute atomic E-state index is 12.4. The number of nitrogens with zero attached hydrogens (tertiary/aromatic N) is 1. The number of hydrogen-bond acceptors (Lipinski definition) is 2. The lowest BCUT2D eigenvalue weighted by molar-refractivity contribution is -0.152. The van der Waals surface area contributed by atoms with E-state index in [1.165, 1.54) is 0 Å². The molecule has 0 bridgehead atoms. The van der Waals surface area contributed by atoms with Gasteiger partial charge < -0.3 is 15.2 Å². The standard InChI is InChI=1S/C16H17N3O2/c1-8-16(21)19-9(2)14-11(7-13(19)15(20)17-8)10-5-3-4-6-12(10)18-14/h3-6,8-9,13,18H,7H2,1-2H3,(H,17,20)/t8-,9-,13-/m0/s1. The number of aromatic amines is 1. The lowest BCUT2D eigenvalue weighted by atomic mass is 9.89. The number of carbonyl (C=O) groups excluding carboxylic acids is 2. The summed E-state index contributed by atoms with van der Waals surface area (Å²) in [6.07, 6.45) is 0.577. The molecule has 5 nitrogen and oxygen atoms in total. The van der Waals surface area contributed by atoms with Crippen molar-refractivity contribution >= 4 is 22.7 Å². The predicted octanol–water partition coefficient (Wildman–Crippen LogP) is 1.50. The van der Waals surface area contributed by atoms with Gasteiger partial charge in [0.1, 0.15) is 12.1 Å². The fourth-order valence-corrected chi connectivity index (χ4v) is 3.66. The molecule has 1 saturated heterocycles. The quantitative estimate of drug-likeness (QED) is 0.769. The molecule has 2 N–H and O–H groups in total. The van der Waals surface area contributed by atoms with Crippen molar-refractivity contribution in [1.82, 2.24) is 15.2 Å². The summed E-state index contributed by atoms with van der Waals surface area (Å²) in [6.45, 7) is 3.73. The molecule has 3 heterocycles. The molecule has 108 valence electrons. The van der Waals surface area contributed by atoms with Crippen LogP contribution in [0.5, 0.6) is 0 Å². The highest BCUT2D eigenvalue weighted by Crippen LogP contribution is 2.38. The van der Waals surface area contributed by atoms with E-state index in [0.717, 1.165) is 22.2 Å². The SMILES string of the molecule is C[C@@H]1NC(=O)[C@@H]2Cc3c([nH]c4ccccc34)[C@H](C)N2C1=O. The van der Waals surface area contributed by atoms with E-state index in [9.17, 15) is 9.59 Å². The topological polar surface area (TPSA) is 65.2 Å². The zero-order valence-electron chi connectivity index (χ0n) is 12.0. The summed E-state index contributed by atoms with van der Waals surface area (Å²) in [5, 5.41) is 3.93. The molecule has 5 heteroatoms. The van der Waals surface area contributed by atoms with Gasteiger partial charge in [0, 0.05) is 23.0 Å². The molecule has 0 radical (unpaired) electrons. The summed E-state index contributed by atoms with van der Waals surface area (Å²) in [6, 6.07) is 7.15. The van der Waals surface area contributed by atoms with Crippen LogP contribution in [0, 0.1) is 0 Å². The molecule has 0 saturated carbocycles. The number of nitrogens with one attached hydrogen (secondary N) is 2. The van der Waals surface area contributed by atoms with Gasteiger partial charge in [-0.2, -0.15) is 0 Å². The summed E-state index contributed by atoms with van der Waals surface area (Å²) in [5.74, 6) is -0.0544. The van der Waals surface area contributed by atoms with Crippen LogP contribution in [0.25, 0.3) is 10.9 Å². The highest BCUT2D eigenvalue weighted by molar-refractivity contribution is 5.98. The Morgan fingerprint density at radius 3 is 2.76 bits per heavy atom. The maximum Gasteiger partial charge on any atom is 0.246 e. The first-order valence-corrected chi connectivity index (χ1v) is 7.30. The van der Waals surface area contributed by atoms with Crippen molar-refractivity contribution in [3.05, 3.63) is 35.5 Å². The predicted molar refractivity (Wildman–Crippen MR) is 78.7 cm³/mol. The van der Waals surface area contributed by atoms with Crippen LogP contribution in [0.1, 0.15) is 31.1 Å². The van der Waals surface area contributed by atoms with E-state index in [2.05, 4.69) is 16.4 Å². The first-order chi connectivity index (χ1) is 10.1. The highest BCUT2D eigenvalue weighted by atomic mass is 16.2. The van der Waals surface area contributed by atoms with Crippen molar-refractivity contribution < 1.29 is 9.59 Å². The molecule has 2 aliphatic rings. The van der Waals surface area contributed by atoms with Crippen LogP contribution in [-0.2, 0) is 16.0 Å². The number of aromatic nitrogens is 1. The van der Waals surface area contributed by atoms with Gasteiger partial charge in [-0.3, -0.25) is 9.59 Å². The molecular formula is C16H17N3O2. The molecule has 2 amide bonds. The Morgan fingerprint density at radius 2 is 1.95 bits per heavy atom. The molecule has 4 rings (SSSR count). The van der Waals surface area contributed by atoms with Crippen LogP contribution in [0.2, 0.25) is 0 Å². The lowest BCUT2D eigenvalue weighted by Crippen LogP contribution is -2.64. The molecule has 0 aliphatic carbocycles. The van der Waals surface area contributed by atoms with Gasteiger partial charge in [-0.1, -0.05) is 18.2 Å². The Hall–Kier alpha value is -2.30. The van der Waals surface area contributed by atoms with Crippen molar-refractivity contribution in [2.24, 2.45) is 0 Å². The second-order valence-electron chi connectivity index (χ2n) is 5.93. The number of H-pyrrole nitrogens is 1. The number of piperazine rings is 1. The number of hydrogen-bond donors (Lipinski definition) is 2. The van der Waals surface area contributed by atoms with Crippen LogP contribution in [-0.4, -0.2) is 33.8 Å². The van der Waals surface area contributed by atoms with Crippen molar-refractivity contribution in [1.29, 1.82) is 0 Å². The molecule has 2 aliphatic heterocycles. The molecule has 2 aromatic rings. The third-order valence-corrected chi connectivity index (χ3v) is 4.70. The molecular weight excluding hydrogens is 266 g/mol. The van der Waals surface area contributed by atoms with Crippen molar-refractivity contribution in [3.8, 4) is 0 Å². The second kappa shape index (κ2) is 4.10. The zero-order valence-corrected chi connectivity index (χ0v) is 12.0. The minimum atomic E-state index is -0.442. The minimum Gasteiger partial charge on any atom is -0.356 e. The molecule has 0 unspecified atom stereocenters. The van der Waals surface area contributed by atoms with E-state index in [1.807, 2.05) is 25.1 Å². The number of amides is 2. The van der Waals surface area contributed by atoms with Gasteiger partial charge in [0.15, 0.2) is 0 Å². The fraction of sp³-hybridized carbons (Fsp3) is 0.375. The van der Waals surface area contributed by atoms with Gasteiger partial charge >= 0.3 is 0 Å². The number of fused-ring (bicyclic) bond motifs is 4. The van der Waals surface area contributed by atoms with Crippen LogP contribution in [0.15, 0.2) is 24.3 Å². The Kier molecular flexibility index (Phi) is 2.43. The normalized spacial score (nSPS) is 28.3. The van der Waals surface area contributed by atoms with Crippen molar-refractivity contribution in [2.75, 3.05) is 0 Å². The zero-order chi connectivity index (χ0) is 14.7. The molecule has 0 spiro atoms. The summed E-state index contributed by atoms with van der Waals surface area (Å²) < 4.78 is 0. The largest absolute Gasteiger partial charge is 0.356 e. The van der Waals surface area contributed by atoms with Crippen LogP contribution < -0.4 is 5.32 Å². The summed E-state index contributed by atoms with van der Waals surface area (Å²) in [7, 11) is 0. The van der Waals surface area contributed by atoms with Gasteiger partial charge in [-0.05, 0) is 25.5 Å². The van der Waals surface area contributed by atoms with Crippen LogP contribution >= 0.6 is 0 Å². The number of benzene rings is 1. The van der Waals surface area contributed by atoms with E-state index >= 15 is 0 Å². The average Bonchev–Trinajstić information content (AvgIpc) is 2.84. The Labute approximate surface area is 122 Å². The van der Waals surface area contributed by atoms with E-state index in [-0.39, 0.29) is 17.9 Å². The van der Waals surface area contributed by atoms with Crippen molar-refractivity contribution in [2.45, 2.75) is 38.4 Å². The van der Waals surface area contributed by atoms with Crippen LogP contribution in [0.3, 0.4) is 0 Å². The third kappa shape index (κ3) is 1.57. The molecule has 1 aromatic heterocycles. The Bertz CT molecular complexity index is 764. The maximum atomic E-state index is 12.4. The van der Waals surface area contributed by atoms with Gasteiger partial charge in [-0.15, -0.1) is 0 Å². The number of carbonyl (C=O) groups is 2. The van der Waals surface area contributed by atoms with E-state index in [0.29, 0.717) is 6.42 Å². The van der Waals surface area contributed by atoms with Gasteiger partial charge in [-0.25, -0.2) is 0 Å². The molecule has 21 heavy (non-hydrogen) atoms. The van der Waals surface area contributed by atoms with Gasteiger partial charge in [0.05, 0.1) is 6.04 Å². The van der Waals surface area contributed by atoms with Crippen molar-refractivity contribution in [3.63, 3.8) is 0 Å². The monoisotopic (exact) mass is 283 g/mol. The first-order valence-electron chi connectivity index (χ1n) is 7.30. The summed E-state index contributed by atoms with van der Waals surface area (Å²) in [4.78, 5) is 29.9. The van der Waals surface area contributed by atoms with Gasteiger partial charge in [0.25, 0.3) is 0 Å². The Morgan fingerprint density at radius 1 is 1.19 bits per heavy atom. The van der Waals surface area contributed by atoms with Crippen LogP contribution in [0.4, 0.5) is 0 Å². The number of para-hydroxylation sites is 1. The summed E-state index contributed by atoms with van der Waals surface area (Å²) in [5.41, 5.74) is 3.29. The minimum absolute atomic E-state index is 0.00333. The first kappa shape index (κ1) is 12.4. The van der Waals surface area contributed by atoms with E-state index in [1.54, 1.807) is 11.8 Å². The lowest BCUT2D eigenvalue weighted by Gasteiger charge is -2.44. The molecule has 3 atom stereocenters. The fourth-order valence-electron chi connectivity index (χ4n) is 3.66. The average molecular weight is 283 g/mol. The second-order valence-corrected chi connectivity index (χ2v) is 5.93. The Balaban J connectivity index is 1.90. The number of rotatable bonds is 0. The molecule has 1 fully saturated rings. The van der Waals surface area contributed by atoms with E-state index in [4.69, 9.17) is 0 Å². The highest BCUT2D eigenvalue weighted by Gasteiger charge is 2.45. The van der Waals surface area contributed by atoms with E-state index < -0.39 is 12.1 Å². The molecule has 1 aromatic carbocycles. The summed E-state index contributed by atoms with van der Waals surface area (Å²) >= 11 is 0. The smallest absolute Gasteiger partial charge is 0.246 e.